The molecule has 2 N–H and O–H groups in total. The second kappa shape index (κ2) is 5.93. The van der Waals surface area contributed by atoms with Gasteiger partial charge in [-0.1, -0.05) is 18.9 Å². The van der Waals surface area contributed by atoms with Gasteiger partial charge in [0.15, 0.2) is 11.6 Å². The SMILES string of the molecule is COc1cc(C(N)C2CCOC3(CCCC3)C2)ccc1F. The van der Waals surface area contributed by atoms with E-state index in [2.05, 4.69) is 0 Å². The average Bonchev–Trinajstić information content (AvgIpc) is 2.95. The third-order valence-corrected chi connectivity index (χ3v) is 5.11. The van der Waals surface area contributed by atoms with Crippen LogP contribution >= 0.6 is 0 Å². The highest BCUT2D eigenvalue weighted by molar-refractivity contribution is 5.32. The molecule has 4 heteroatoms. The summed E-state index contributed by atoms with van der Waals surface area (Å²) >= 11 is 0. The van der Waals surface area contributed by atoms with Crippen molar-refractivity contribution >= 4 is 0 Å². The van der Waals surface area contributed by atoms with E-state index < -0.39 is 0 Å². The van der Waals surface area contributed by atoms with Crippen molar-refractivity contribution in [3.05, 3.63) is 29.6 Å². The number of nitrogens with two attached hydrogens (primary N) is 1. The molecule has 0 aromatic heterocycles. The second-order valence-electron chi connectivity index (χ2n) is 6.41. The smallest absolute Gasteiger partial charge is 0.165 e. The molecule has 116 valence electrons. The zero-order chi connectivity index (χ0) is 14.9. The predicted octanol–water partition coefficient (Wildman–Crippen LogP) is 3.57. The minimum absolute atomic E-state index is 0.0602. The molecule has 1 aliphatic heterocycles. The van der Waals surface area contributed by atoms with Crippen molar-refractivity contribution in [2.24, 2.45) is 11.7 Å². The van der Waals surface area contributed by atoms with Gasteiger partial charge in [-0.15, -0.1) is 0 Å². The summed E-state index contributed by atoms with van der Waals surface area (Å²) in [7, 11) is 1.48. The van der Waals surface area contributed by atoms with Crippen molar-refractivity contribution in [1.29, 1.82) is 0 Å². The first-order chi connectivity index (χ1) is 10.1. The minimum Gasteiger partial charge on any atom is -0.494 e. The monoisotopic (exact) mass is 293 g/mol. The van der Waals surface area contributed by atoms with Crippen LogP contribution in [0.4, 0.5) is 4.39 Å². The summed E-state index contributed by atoms with van der Waals surface area (Å²) < 4.78 is 24.7. The lowest BCUT2D eigenvalue weighted by Gasteiger charge is -2.40. The topological polar surface area (TPSA) is 44.5 Å². The van der Waals surface area contributed by atoms with Crippen molar-refractivity contribution in [3.8, 4) is 5.75 Å². The maximum Gasteiger partial charge on any atom is 0.165 e. The van der Waals surface area contributed by atoms with Crippen LogP contribution in [0.5, 0.6) is 5.75 Å². The van der Waals surface area contributed by atoms with Crippen LogP contribution in [0.15, 0.2) is 18.2 Å². The van der Waals surface area contributed by atoms with Gasteiger partial charge in [0.05, 0.1) is 12.7 Å². The lowest BCUT2D eigenvalue weighted by Crippen LogP contribution is -2.40. The number of halogens is 1. The summed E-state index contributed by atoms with van der Waals surface area (Å²) in [4.78, 5) is 0. The molecule has 2 atom stereocenters. The zero-order valence-electron chi connectivity index (χ0n) is 12.6. The number of ether oxygens (including phenoxy) is 2. The van der Waals surface area contributed by atoms with E-state index >= 15 is 0 Å². The van der Waals surface area contributed by atoms with E-state index in [1.807, 2.05) is 0 Å². The zero-order valence-corrected chi connectivity index (χ0v) is 12.6. The molecular formula is C17H24FNO2. The highest BCUT2D eigenvalue weighted by atomic mass is 19.1. The Labute approximate surface area is 125 Å². The predicted molar refractivity (Wildman–Crippen MR) is 79.8 cm³/mol. The quantitative estimate of drug-likeness (QED) is 0.926. The first-order valence-corrected chi connectivity index (χ1v) is 7.86. The van der Waals surface area contributed by atoms with Gasteiger partial charge >= 0.3 is 0 Å². The van der Waals surface area contributed by atoms with Gasteiger partial charge in [-0.05, 0) is 49.3 Å². The molecule has 3 rings (SSSR count). The van der Waals surface area contributed by atoms with Gasteiger partial charge < -0.3 is 15.2 Å². The van der Waals surface area contributed by atoms with Crippen LogP contribution in [-0.4, -0.2) is 19.3 Å². The van der Waals surface area contributed by atoms with Crippen molar-refractivity contribution in [3.63, 3.8) is 0 Å². The fourth-order valence-electron chi connectivity index (χ4n) is 3.90. The number of rotatable bonds is 3. The molecule has 1 aromatic rings. The Morgan fingerprint density at radius 2 is 2.14 bits per heavy atom. The van der Waals surface area contributed by atoms with Crippen LogP contribution in [0.1, 0.15) is 50.1 Å². The average molecular weight is 293 g/mol. The van der Waals surface area contributed by atoms with Gasteiger partial charge in [-0.2, -0.15) is 0 Å². The third kappa shape index (κ3) is 2.92. The van der Waals surface area contributed by atoms with Crippen LogP contribution in [0, 0.1) is 11.7 Å². The summed E-state index contributed by atoms with van der Waals surface area (Å²) in [6, 6.07) is 4.87. The lowest BCUT2D eigenvalue weighted by molar-refractivity contribution is -0.0963. The first-order valence-electron chi connectivity index (χ1n) is 7.86. The number of hydrogen-bond acceptors (Lipinski definition) is 3. The van der Waals surface area contributed by atoms with E-state index in [4.69, 9.17) is 15.2 Å². The standard InChI is InChI=1S/C17H24FNO2/c1-20-15-10-12(4-5-14(15)18)16(19)13-6-9-21-17(11-13)7-2-3-8-17/h4-5,10,13,16H,2-3,6-9,11,19H2,1H3. The number of benzene rings is 1. The molecule has 1 saturated carbocycles. The Hall–Kier alpha value is -1.13. The molecule has 1 spiro atoms. The van der Waals surface area contributed by atoms with Gasteiger partial charge in [0, 0.05) is 12.6 Å². The molecule has 0 bridgehead atoms. The molecule has 0 radical (unpaired) electrons. The Morgan fingerprint density at radius 3 is 2.86 bits per heavy atom. The fourth-order valence-corrected chi connectivity index (χ4v) is 3.90. The molecule has 0 amide bonds. The van der Waals surface area contributed by atoms with Crippen LogP contribution < -0.4 is 10.5 Å². The molecule has 1 aromatic carbocycles. The summed E-state index contributed by atoms with van der Waals surface area (Å²) in [5.74, 6) is 0.324. The van der Waals surface area contributed by atoms with Crippen molar-refractivity contribution in [2.45, 2.75) is 50.2 Å². The molecular weight excluding hydrogens is 269 g/mol. The van der Waals surface area contributed by atoms with Crippen LogP contribution in [0.25, 0.3) is 0 Å². The minimum atomic E-state index is -0.340. The molecule has 1 saturated heterocycles. The van der Waals surface area contributed by atoms with Crippen molar-refractivity contribution < 1.29 is 13.9 Å². The van der Waals surface area contributed by atoms with Gasteiger partial charge in [-0.25, -0.2) is 4.39 Å². The third-order valence-electron chi connectivity index (χ3n) is 5.11. The van der Waals surface area contributed by atoms with Crippen LogP contribution in [-0.2, 0) is 4.74 Å². The van der Waals surface area contributed by atoms with E-state index in [1.54, 1.807) is 12.1 Å². The molecule has 2 unspecified atom stereocenters. The molecule has 21 heavy (non-hydrogen) atoms. The maximum absolute atomic E-state index is 13.5. The largest absolute Gasteiger partial charge is 0.494 e. The highest BCUT2D eigenvalue weighted by Crippen LogP contribution is 2.45. The molecule has 2 aliphatic rings. The van der Waals surface area contributed by atoms with E-state index in [1.165, 1.54) is 26.0 Å². The van der Waals surface area contributed by atoms with E-state index in [0.29, 0.717) is 5.92 Å². The highest BCUT2D eigenvalue weighted by Gasteiger charge is 2.41. The van der Waals surface area contributed by atoms with Gasteiger partial charge in [0.1, 0.15) is 0 Å². The molecule has 2 fully saturated rings. The number of hydrogen-bond donors (Lipinski definition) is 1. The molecule has 1 heterocycles. The lowest BCUT2D eigenvalue weighted by atomic mass is 9.79. The summed E-state index contributed by atoms with van der Waals surface area (Å²) in [6.45, 7) is 0.788. The van der Waals surface area contributed by atoms with Crippen molar-refractivity contribution in [2.75, 3.05) is 13.7 Å². The Balaban J connectivity index is 1.76. The normalized spacial score (nSPS) is 26.0. The van der Waals surface area contributed by atoms with Crippen LogP contribution in [0.3, 0.4) is 0 Å². The van der Waals surface area contributed by atoms with Gasteiger partial charge in [0.2, 0.25) is 0 Å². The van der Waals surface area contributed by atoms with E-state index in [-0.39, 0.29) is 23.2 Å². The fraction of sp³-hybridized carbons (Fsp3) is 0.647. The van der Waals surface area contributed by atoms with Gasteiger partial charge in [-0.3, -0.25) is 0 Å². The van der Waals surface area contributed by atoms with Crippen molar-refractivity contribution in [1.82, 2.24) is 0 Å². The summed E-state index contributed by atoms with van der Waals surface area (Å²) in [5.41, 5.74) is 7.47. The number of methoxy groups -OCH3 is 1. The van der Waals surface area contributed by atoms with E-state index in [0.717, 1.165) is 37.9 Å². The van der Waals surface area contributed by atoms with Crippen LogP contribution in [0.2, 0.25) is 0 Å². The van der Waals surface area contributed by atoms with E-state index in [9.17, 15) is 4.39 Å². The molecule has 1 aliphatic carbocycles. The Morgan fingerprint density at radius 1 is 1.38 bits per heavy atom. The summed E-state index contributed by atoms with van der Waals surface area (Å²) in [6.07, 6.45) is 6.82. The maximum atomic E-state index is 13.5. The molecule has 3 nitrogen and oxygen atoms in total. The second-order valence-corrected chi connectivity index (χ2v) is 6.41. The Bertz CT molecular complexity index is 500. The summed E-state index contributed by atoms with van der Waals surface area (Å²) in [5, 5.41) is 0. The Kier molecular flexibility index (Phi) is 4.18. The van der Waals surface area contributed by atoms with Gasteiger partial charge in [0.25, 0.3) is 0 Å². The first kappa shape index (κ1) is 14.8.